The van der Waals surface area contributed by atoms with Gasteiger partial charge in [-0.05, 0) is 18.6 Å². The molecule has 0 saturated carbocycles. The molecule has 0 fully saturated rings. The van der Waals surface area contributed by atoms with Gasteiger partial charge in [-0.2, -0.15) is 0 Å². The summed E-state index contributed by atoms with van der Waals surface area (Å²) in [6.07, 6.45) is 7.51. The van der Waals surface area contributed by atoms with Crippen LogP contribution < -0.4 is 0 Å². The Balaban J connectivity index is 2.33. The van der Waals surface area contributed by atoms with E-state index in [-0.39, 0.29) is 5.78 Å². The van der Waals surface area contributed by atoms with E-state index in [1.807, 2.05) is 0 Å². The van der Waals surface area contributed by atoms with Crippen molar-refractivity contribution in [1.82, 2.24) is 0 Å². The zero-order valence-electron chi connectivity index (χ0n) is 6.45. The minimum absolute atomic E-state index is 0.129. The summed E-state index contributed by atoms with van der Waals surface area (Å²) in [6, 6.07) is 0. The topological polar surface area (TPSA) is 43.4 Å². The Morgan fingerprint density at radius 2 is 2.17 bits per heavy atom. The van der Waals surface area contributed by atoms with Crippen molar-refractivity contribution in [2.24, 2.45) is 0 Å². The molecule has 0 aromatic carbocycles. The smallest absolute Gasteiger partial charge is 0.331 e. The number of ether oxygens (including phenoxy) is 1. The van der Waals surface area contributed by atoms with E-state index in [2.05, 4.69) is 0 Å². The molecule has 0 aromatic heterocycles. The molecule has 0 amide bonds. The molecule has 62 valence electrons. The first-order valence-electron chi connectivity index (χ1n) is 3.86. The molecule has 2 aliphatic rings. The van der Waals surface area contributed by atoms with Crippen LogP contribution in [0, 0.1) is 0 Å². The average Bonchev–Trinajstić information content (AvgIpc) is 2.41. The minimum Gasteiger partial charge on any atom is -0.443 e. The largest absolute Gasteiger partial charge is 0.443 e. The molecular formula is C9H8O3. The fourth-order valence-corrected chi connectivity index (χ4v) is 1.47. The van der Waals surface area contributed by atoms with Gasteiger partial charge in [0.25, 0.3) is 0 Å². The van der Waals surface area contributed by atoms with Crippen LogP contribution in [-0.4, -0.2) is 17.4 Å². The summed E-state index contributed by atoms with van der Waals surface area (Å²) < 4.78 is 4.95. The quantitative estimate of drug-likeness (QED) is 0.496. The Morgan fingerprint density at radius 1 is 1.33 bits per heavy atom. The fraction of sp³-hybridized carbons (Fsp3) is 0.333. The van der Waals surface area contributed by atoms with E-state index < -0.39 is 11.6 Å². The van der Waals surface area contributed by atoms with Crippen LogP contribution in [-0.2, 0) is 14.3 Å². The maximum atomic E-state index is 11.3. The number of allylic oxidation sites excluding steroid dienone is 1. The second-order valence-corrected chi connectivity index (χ2v) is 2.95. The van der Waals surface area contributed by atoms with Gasteiger partial charge in [-0.25, -0.2) is 4.79 Å². The van der Waals surface area contributed by atoms with Crippen LogP contribution in [0.1, 0.15) is 12.8 Å². The maximum Gasteiger partial charge on any atom is 0.331 e. The van der Waals surface area contributed by atoms with Crippen molar-refractivity contribution in [3.05, 3.63) is 24.3 Å². The number of hydrogen-bond donors (Lipinski definition) is 0. The van der Waals surface area contributed by atoms with Gasteiger partial charge in [-0.1, -0.05) is 6.08 Å². The van der Waals surface area contributed by atoms with Crippen LogP contribution in [0.4, 0.5) is 0 Å². The van der Waals surface area contributed by atoms with Crippen molar-refractivity contribution in [3.8, 4) is 0 Å². The zero-order chi connectivity index (χ0) is 8.60. The summed E-state index contributed by atoms with van der Waals surface area (Å²) in [4.78, 5) is 22.1. The monoisotopic (exact) mass is 164 g/mol. The lowest BCUT2D eigenvalue weighted by atomic mass is 9.88. The predicted molar refractivity (Wildman–Crippen MR) is 41.3 cm³/mol. The summed E-state index contributed by atoms with van der Waals surface area (Å²) in [7, 11) is 0. The number of hydrogen-bond acceptors (Lipinski definition) is 3. The van der Waals surface area contributed by atoms with Crippen LogP contribution in [0.2, 0.25) is 0 Å². The highest BCUT2D eigenvalue weighted by Crippen LogP contribution is 2.30. The van der Waals surface area contributed by atoms with E-state index in [9.17, 15) is 9.59 Å². The number of esters is 1. The molecule has 0 bridgehead atoms. The molecule has 1 heterocycles. The lowest BCUT2D eigenvalue weighted by Crippen LogP contribution is -2.38. The van der Waals surface area contributed by atoms with E-state index in [0.717, 1.165) is 6.42 Å². The molecule has 3 nitrogen and oxygen atoms in total. The first-order valence-corrected chi connectivity index (χ1v) is 3.86. The number of carbonyl (C=O) groups excluding carboxylic acids is 2. The third-order valence-corrected chi connectivity index (χ3v) is 2.14. The summed E-state index contributed by atoms with van der Waals surface area (Å²) >= 11 is 0. The van der Waals surface area contributed by atoms with E-state index >= 15 is 0 Å². The zero-order valence-corrected chi connectivity index (χ0v) is 6.45. The summed E-state index contributed by atoms with van der Waals surface area (Å²) in [6.45, 7) is 0. The first kappa shape index (κ1) is 7.28. The Kier molecular flexibility index (Phi) is 1.40. The van der Waals surface area contributed by atoms with Gasteiger partial charge in [-0.15, -0.1) is 0 Å². The van der Waals surface area contributed by atoms with Crippen molar-refractivity contribution in [2.75, 3.05) is 0 Å². The SMILES string of the molecule is O=C1C=CC2(CCC=CC2=O)O1. The van der Waals surface area contributed by atoms with Gasteiger partial charge in [-0.3, -0.25) is 4.79 Å². The van der Waals surface area contributed by atoms with Gasteiger partial charge < -0.3 is 4.74 Å². The minimum atomic E-state index is -0.953. The van der Waals surface area contributed by atoms with Gasteiger partial charge in [0, 0.05) is 12.5 Å². The van der Waals surface area contributed by atoms with Crippen molar-refractivity contribution < 1.29 is 14.3 Å². The van der Waals surface area contributed by atoms with Crippen LogP contribution in [0.5, 0.6) is 0 Å². The van der Waals surface area contributed by atoms with E-state index in [4.69, 9.17) is 4.74 Å². The van der Waals surface area contributed by atoms with E-state index in [1.165, 1.54) is 12.2 Å². The van der Waals surface area contributed by atoms with Crippen LogP contribution >= 0.6 is 0 Å². The van der Waals surface area contributed by atoms with Crippen LogP contribution in [0.15, 0.2) is 24.3 Å². The molecule has 1 aliphatic heterocycles. The van der Waals surface area contributed by atoms with Crippen molar-refractivity contribution in [1.29, 1.82) is 0 Å². The van der Waals surface area contributed by atoms with Gasteiger partial charge in [0.05, 0.1) is 0 Å². The molecule has 1 spiro atoms. The first-order chi connectivity index (χ1) is 5.73. The Hall–Kier alpha value is -1.38. The third kappa shape index (κ3) is 0.897. The summed E-state index contributed by atoms with van der Waals surface area (Å²) in [5.41, 5.74) is -0.953. The number of carbonyl (C=O) groups is 2. The third-order valence-electron chi connectivity index (χ3n) is 2.14. The second kappa shape index (κ2) is 2.30. The number of rotatable bonds is 0. The molecule has 3 heteroatoms. The van der Waals surface area contributed by atoms with E-state index in [1.54, 1.807) is 12.2 Å². The second-order valence-electron chi connectivity index (χ2n) is 2.95. The molecule has 1 unspecified atom stereocenters. The molecule has 2 rings (SSSR count). The van der Waals surface area contributed by atoms with Crippen LogP contribution in [0.3, 0.4) is 0 Å². The molecule has 1 aliphatic carbocycles. The molecule has 1 atom stereocenters. The van der Waals surface area contributed by atoms with Crippen molar-refractivity contribution in [2.45, 2.75) is 18.4 Å². The average molecular weight is 164 g/mol. The van der Waals surface area contributed by atoms with E-state index in [0.29, 0.717) is 6.42 Å². The lowest BCUT2D eigenvalue weighted by Gasteiger charge is -2.25. The molecule has 0 aromatic rings. The maximum absolute atomic E-state index is 11.3. The van der Waals surface area contributed by atoms with Gasteiger partial charge in [0.15, 0.2) is 5.60 Å². The number of ketones is 1. The predicted octanol–water partition coefficient (Wildman–Crippen LogP) is 0.757. The van der Waals surface area contributed by atoms with Gasteiger partial charge >= 0.3 is 5.97 Å². The highest BCUT2D eigenvalue weighted by Gasteiger charge is 2.42. The Labute approximate surface area is 69.7 Å². The molecular weight excluding hydrogens is 156 g/mol. The van der Waals surface area contributed by atoms with Crippen LogP contribution in [0.25, 0.3) is 0 Å². The molecule has 0 N–H and O–H groups in total. The van der Waals surface area contributed by atoms with Crippen molar-refractivity contribution >= 4 is 11.8 Å². The standard InChI is InChI=1S/C9H8O3/c10-7-3-1-2-5-9(7)6-4-8(11)12-9/h1,3-4,6H,2,5H2. The molecule has 12 heavy (non-hydrogen) atoms. The summed E-state index contributed by atoms with van der Waals surface area (Å²) in [5.74, 6) is -0.547. The lowest BCUT2D eigenvalue weighted by molar-refractivity contribution is -0.153. The normalized spacial score (nSPS) is 33.0. The molecule has 0 radical (unpaired) electrons. The van der Waals surface area contributed by atoms with Gasteiger partial charge in [0.2, 0.25) is 5.78 Å². The Bertz CT molecular complexity index is 301. The summed E-state index contributed by atoms with van der Waals surface area (Å²) in [5, 5.41) is 0. The fourth-order valence-electron chi connectivity index (χ4n) is 1.47. The highest BCUT2D eigenvalue weighted by atomic mass is 16.6. The van der Waals surface area contributed by atoms with Gasteiger partial charge in [0.1, 0.15) is 0 Å². The highest BCUT2D eigenvalue weighted by molar-refractivity contribution is 6.04. The Morgan fingerprint density at radius 3 is 2.75 bits per heavy atom. The van der Waals surface area contributed by atoms with Crippen molar-refractivity contribution in [3.63, 3.8) is 0 Å². The molecule has 0 saturated heterocycles.